The largest absolute Gasteiger partial charge is 0.327 e. The third-order valence-corrected chi connectivity index (χ3v) is 3.46. The van der Waals surface area contributed by atoms with E-state index in [0.29, 0.717) is 6.04 Å². The van der Waals surface area contributed by atoms with Gasteiger partial charge in [0.15, 0.2) is 0 Å². The summed E-state index contributed by atoms with van der Waals surface area (Å²) in [5, 5.41) is 3.45. The molecule has 1 unspecified atom stereocenters. The van der Waals surface area contributed by atoms with Gasteiger partial charge in [-0.15, -0.1) is 0 Å². The van der Waals surface area contributed by atoms with Crippen molar-refractivity contribution in [3.63, 3.8) is 0 Å². The molecular weight excluding hydrogens is 241 g/mol. The topological polar surface area (TPSA) is 29.9 Å². The Morgan fingerprint density at radius 1 is 1.37 bits per heavy atom. The molecule has 0 aliphatic carbocycles. The van der Waals surface area contributed by atoms with Gasteiger partial charge in [0.05, 0.1) is 17.6 Å². The lowest BCUT2D eigenvalue weighted by atomic mass is 10.2. The van der Waals surface area contributed by atoms with Crippen LogP contribution in [0.25, 0.3) is 11.0 Å². The summed E-state index contributed by atoms with van der Waals surface area (Å²) in [6.07, 6.45) is 2.13. The van der Waals surface area contributed by atoms with Crippen LogP contribution in [0.1, 0.15) is 39.4 Å². The molecule has 1 heterocycles. The van der Waals surface area contributed by atoms with Crippen LogP contribution in [0.3, 0.4) is 0 Å². The van der Waals surface area contributed by atoms with Gasteiger partial charge in [0.1, 0.15) is 11.6 Å². The Balaban J connectivity index is 2.32. The highest BCUT2D eigenvalue weighted by molar-refractivity contribution is 5.76. The molecule has 0 saturated heterocycles. The van der Waals surface area contributed by atoms with Gasteiger partial charge in [-0.1, -0.05) is 13.8 Å². The quantitative estimate of drug-likeness (QED) is 0.864. The molecule has 1 atom stereocenters. The summed E-state index contributed by atoms with van der Waals surface area (Å²) in [7, 11) is 0. The first-order chi connectivity index (χ1) is 9.15. The summed E-state index contributed by atoms with van der Waals surface area (Å²) >= 11 is 0. The minimum Gasteiger partial charge on any atom is -0.327 e. The normalized spacial score (nSPS) is 13.1. The molecule has 0 radical (unpaired) electrons. The molecule has 0 amide bonds. The van der Waals surface area contributed by atoms with Gasteiger partial charge in [-0.3, -0.25) is 0 Å². The summed E-state index contributed by atoms with van der Waals surface area (Å²) in [5.74, 6) is 0.762. The number of hydrogen-bond acceptors (Lipinski definition) is 2. The Labute approximate surface area is 113 Å². The van der Waals surface area contributed by atoms with E-state index in [4.69, 9.17) is 0 Å². The van der Waals surface area contributed by atoms with Crippen LogP contribution in [0, 0.1) is 5.82 Å². The number of nitrogens with one attached hydrogen (secondary N) is 1. The number of rotatable bonds is 6. The fourth-order valence-corrected chi connectivity index (χ4v) is 2.17. The standard InChI is InChI=1S/C15H22FN3/c1-4-8-19-14-7-6-12(16)9-13(14)18-15(19)10-17-11(3)5-2/h6-7,9,11,17H,4-5,8,10H2,1-3H3. The van der Waals surface area contributed by atoms with Gasteiger partial charge in [0, 0.05) is 18.7 Å². The van der Waals surface area contributed by atoms with E-state index in [-0.39, 0.29) is 5.82 Å². The number of imidazole rings is 1. The van der Waals surface area contributed by atoms with Gasteiger partial charge in [0.2, 0.25) is 0 Å². The maximum atomic E-state index is 13.3. The zero-order valence-electron chi connectivity index (χ0n) is 11.9. The minimum absolute atomic E-state index is 0.227. The van der Waals surface area contributed by atoms with Crippen LogP contribution in [0.15, 0.2) is 18.2 Å². The highest BCUT2D eigenvalue weighted by Crippen LogP contribution is 2.18. The van der Waals surface area contributed by atoms with Crippen LogP contribution >= 0.6 is 0 Å². The van der Waals surface area contributed by atoms with Crippen molar-refractivity contribution in [2.45, 2.75) is 52.7 Å². The molecule has 19 heavy (non-hydrogen) atoms. The Bertz CT molecular complexity index is 548. The first-order valence-corrected chi connectivity index (χ1v) is 7.03. The number of aromatic nitrogens is 2. The fourth-order valence-electron chi connectivity index (χ4n) is 2.17. The summed E-state index contributed by atoms with van der Waals surface area (Å²) in [6, 6.07) is 5.29. The van der Waals surface area contributed by atoms with Crippen molar-refractivity contribution >= 4 is 11.0 Å². The predicted octanol–water partition coefficient (Wildman–Crippen LogP) is 3.47. The van der Waals surface area contributed by atoms with Crippen LogP contribution in [0.5, 0.6) is 0 Å². The highest BCUT2D eigenvalue weighted by Gasteiger charge is 2.11. The van der Waals surface area contributed by atoms with E-state index >= 15 is 0 Å². The van der Waals surface area contributed by atoms with Crippen LogP contribution in [0.2, 0.25) is 0 Å². The third kappa shape index (κ3) is 3.13. The smallest absolute Gasteiger partial charge is 0.125 e. The fraction of sp³-hybridized carbons (Fsp3) is 0.533. The lowest BCUT2D eigenvalue weighted by Gasteiger charge is -2.12. The van der Waals surface area contributed by atoms with E-state index in [1.165, 1.54) is 12.1 Å². The minimum atomic E-state index is -0.227. The monoisotopic (exact) mass is 263 g/mol. The average molecular weight is 263 g/mol. The Morgan fingerprint density at radius 2 is 2.16 bits per heavy atom. The number of hydrogen-bond donors (Lipinski definition) is 1. The van der Waals surface area contributed by atoms with Crippen molar-refractivity contribution in [2.24, 2.45) is 0 Å². The maximum Gasteiger partial charge on any atom is 0.125 e. The van der Waals surface area contributed by atoms with Crippen molar-refractivity contribution in [3.05, 3.63) is 29.8 Å². The van der Waals surface area contributed by atoms with E-state index in [1.807, 2.05) is 6.07 Å². The highest BCUT2D eigenvalue weighted by atomic mass is 19.1. The van der Waals surface area contributed by atoms with Gasteiger partial charge in [0.25, 0.3) is 0 Å². The number of fused-ring (bicyclic) bond motifs is 1. The lowest BCUT2D eigenvalue weighted by Crippen LogP contribution is -2.26. The molecule has 0 aliphatic rings. The first kappa shape index (κ1) is 14.0. The van der Waals surface area contributed by atoms with E-state index < -0.39 is 0 Å². The van der Waals surface area contributed by atoms with E-state index in [9.17, 15) is 4.39 Å². The zero-order valence-corrected chi connectivity index (χ0v) is 11.9. The summed E-state index contributed by atoms with van der Waals surface area (Å²) in [4.78, 5) is 4.56. The van der Waals surface area contributed by atoms with E-state index in [0.717, 1.165) is 42.8 Å². The molecule has 0 fully saturated rings. The molecular formula is C15H22FN3. The molecule has 0 saturated carbocycles. The van der Waals surface area contributed by atoms with Crippen LogP contribution in [0.4, 0.5) is 4.39 Å². The molecule has 0 bridgehead atoms. The van der Waals surface area contributed by atoms with Gasteiger partial charge in [-0.05, 0) is 31.9 Å². The second-order valence-electron chi connectivity index (χ2n) is 5.00. The van der Waals surface area contributed by atoms with Crippen molar-refractivity contribution in [2.75, 3.05) is 0 Å². The maximum absolute atomic E-state index is 13.3. The second kappa shape index (κ2) is 6.15. The second-order valence-corrected chi connectivity index (χ2v) is 5.00. The average Bonchev–Trinajstić information content (AvgIpc) is 2.73. The summed E-state index contributed by atoms with van der Waals surface area (Å²) < 4.78 is 15.5. The van der Waals surface area contributed by atoms with Gasteiger partial charge >= 0.3 is 0 Å². The van der Waals surface area contributed by atoms with Crippen molar-refractivity contribution < 1.29 is 4.39 Å². The molecule has 3 nitrogen and oxygen atoms in total. The molecule has 104 valence electrons. The number of aryl methyl sites for hydroxylation is 1. The zero-order chi connectivity index (χ0) is 13.8. The molecule has 1 aromatic heterocycles. The Morgan fingerprint density at radius 3 is 2.84 bits per heavy atom. The van der Waals surface area contributed by atoms with E-state index in [1.54, 1.807) is 0 Å². The van der Waals surface area contributed by atoms with E-state index in [2.05, 4.69) is 35.6 Å². The lowest BCUT2D eigenvalue weighted by molar-refractivity contribution is 0.508. The first-order valence-electron chi connectivity index (χ1n) is 7.03. The SMILES string of the molecule is CCCn1c(CNC(C)CC)nc2cc(F)ccc21. The summed E-state index contributed by atoms with van der Waals surface area (Å²) in [6.45, 7) is 8.10. The molecule has 1 N–H and O–H groups in total. The molecule has 0 aliphatic heterocycles. The van der Waals surface area contributed by atoms with Crippen LogP contribution < -0.4 is 5.32 Å². The van der Waals surface area contributed by atoms with Crippen LogP contribution in [-0.2, 0) is 13.1 Å². The molecule has 1 aromatic carbocycles. The Kier molecular flexibility index (Phi) is 4.53. The van der Waals surface area contributed by atoms with Crippen molar-refractivity contribution in [3.8, 4) is 0 Å². The number of nitrogens with zero attached hydrogens (tertiary/aromatic N) is 2. The van der Waals surface area contributed by atoms with Gasteiger partial charge in [-0.25, -0.2) is 9.37 Å². The summed E-state index contributed by atoms with van der Waals surface area (Å²) in [5.41, 5.74) is 1.76. The number of halogens is 1. The number of benzene rings is 1. The van der Waals surface area contributed by atoms with Gasteiger partial charge < -0.3 is 9.88 Å². The third-order valence-electron chi connectivity index (χ3n) is 3.46. The predicted molar refractivity (Wildman–Crippen MR) is 76.6 cm³/mol. The molecule has 2 rings (SSSR count). The van der Waals surface area contributed by atoms with Gasteiger partial charge in [-0.2, -0.15) is 0 Å². The molecule has 0 spiro atoms. The van der Waals surface area contributed by atoms with Crippen molar-refractivity contribution in [1.29, 1.82) is 0 Å². The Hall–Kier alpha value is -1.42. The van der Waals surface area contributed by atoms with Crippen molar-refractivity contribution in [1.82, 2.24) is 14.9 Å². The van der Waals surface area contributed by atoms with Crippen LogP contribution in [-0.4, -0.2) is 15.6 Å². The molecule has 2 aromatic rings. The molecule has 4 heteroatoms.